The van der Waals surface area contributed by atoms with Gasteiger partial charge in [-0.1, -0.05) is 141 Å². The van der Waals surface area contributed by atoms with Gasteiger partial charge in [-0.3, -0.25) is 0 Å². The van der Waals surface area contributed by atoms with Gasteiger partial charge in [-0.15, -0.1) is 0 Å². The van der Waals surface area contributed by atoms with Crippen molar-refractivity contribution in [1.29, 1.82) is 0 Å². The first-order chi connectivity index (χ1) is 27.6. The molecule has 56 heavy (non-hydrogen) atoms. The van der Waals surface area contributed by atoms with Crippen molar-refractivity contribution in [2.45, 2.75) is 26.2 Å². The highest BCUT2D eigenvalue weighted by atomic mass is 16.3. The van der Waals surface area contributed by atoms with Gasteiger partial charge in [0.25, 0.3) is 0 Å². The number of allylic oxidation sites excluding steroid dienone is 9. The average Bonchev–Trinajstić information content (AvgIpc) is 3.82. The van der Waals surface area contributed by atoms with Gasteiger partial charge in [0.2, 0.25) is 5.69 Å². The maximum absolute atomic E-state index is 6.58. The van der Waals surface area contributed by atoms with E-state index < -0.39 is 0 Å². The summed E-state index contributed by atoms with van der Waals surface area (Å²) in [6.07, 6.45) is 22.0. The molecule has 1 aliphatic rings. The van der Waals surface area contributed by atoms with Crippen molar-refractivity contribution in [3.63, 3.8) is 0 Å². The zero-order chi connectivity index (χ0) is 38.0. The molecule has 2 heterocycles. The Morgan fingerprint density at radius 1 is 0.679 bits per heavy atom. The van der Waals surface area contributed by atoms with E-state index in [-0.39, 0.29) is 0 Å². The summed E-state index contributed by atoms with van der Waals surface area (Å²) in [4.78, 5) is 0. The summed E-state index contributed by atoms with van der Waals surface area (Å²) in [5.74, 6) is 1.37. The second kappa shape index (κ2) is 15.0. The van der Waals surface area contributed by atoms with Gasteiger partial charge in [-0.2, -0.15) is 4.58 Å². The molecular formula is C53H42NO2+. The second-order valence-electron chi connectivity index (χ2n) is 14.3. The Labute approximate surface area is 327 Å². The van der Waals surface area contributed by atoms with Gasteiger partial charge in [0.15, 0.2) is 12.4 Å². The van der Waals surface area contributed by atoms with E-state index in [0.717, 1.165) is 67.7 Å². The fourth-order valence-electron chi connectivity index (χ4n) is 8.10. The summed E-state index contributed by atoms with van der Waals surface area (Å²) in [5.41, 5.74) is 11.5. The number of hydrogen-bond donors (Lipinski definition) is 0. The molecule has 0 amide bonds. The molecule has 8 aromatic rings. The van der Waals surface area contributed by atoms with Crippen molar-refractivity contribution in [2.24, 2.45) is 0 Å². The highest BCUT2D eigenvalue weighted by Gasteiger charge is 2.22. The lowest BCUT2D eigenvalue weighted by molar-refractivity contribution is -0.353. The van der Waals surface area contributed by atoms with E-state index in [4.69, 9.17) is 8.83 Å². The van der Waals surface area contributed by atoms with Gasteiger partial charge in [0, 0.05) is 57.1 Å². The van der Waals surface area contributed by atoms with E-state index in [1.807, 2.05) is 24.3 Å². The Morgan fingerprint density at radius 3 is 2.16 bits per heavy atom. The van der Waals surface area contributed by atoms with Crippen LogP contribution in [0.2, 0.25) is 0 Å². The Balaban J connectivity index is 1.17. The van der Waals surface area contributed by atoms with Crippen LogP contribution in [0.1, 0.15) is 48.6 Å². The van der Waals surface area contributed by atoms with Gasteiger partial charge in [0.1, 0.15) is 22.5 Å². The zero-order valence-electron chi connectivity index (χ0n) is 31.7. The molecule has 0 saturated carbocycles. The van der Waals surface area contributed by atoms with Crippen molar-refractivity contribution in [3.8, 4) is 11.1 Å². The van der Waals surface area contributed by atoms with E-state index in [0.29, 0.717) is 5.92 Å². The minimum Gasteiger partial charge on any atom is -0.456 e. The first-order valence-corrected chi connectivity index (χ1v) is 19.3. The molecule has 270 valence electrons. The van der Waals surface area contributed by atoms with E-state index in [9.17, 15) is 0 Å². The van der Waals surface area contributed by atoms with Crippen LogP contribution in [0, 0.1) is 0 Å². The van der Waals surface area contributed by atoms with Gasteiger partial charge < -0.3 is 8.83 Å². The Kier molecular flexibility index (Phi) is 9.34. The molecule has 3 nitrogen and oxygen atoms in total. The molecule has 1 atom stereocenters. The summed E-state index contributed by atoms with van der Waals surface area (Å²) in [6.45, 7) is 8.40. The average molecular weight is 725 g/mol. The second-order valence-corrected chi connectivity index (χ2v) is 14.3. The van der Waals surface area contributed by atoms with Crippen LogP contribution in [0.25, 0.3) is 72.0 Å². The predicted octanol–water partition coefficient (Wildman–Crippen LogP) is 14.8. The molecule has 0 bridgehead atoms. The van der Waals surface area contributed by atoms with Crippen LogP contribution in [-0.2, 0) is 0 Å². The summed E-state index contributed by atoms with van der Waals surface area (Å²) >= 11 is 0. The van der Waals surface area contributed by atoms with Crippen molar-refractivity contribution < 1.29 is 13.4 Å². The lowest BCUT2D eigenvalue weighted by atomic mass is 9.90. The van der Waals surface area contributed by atoms with Crippen LogP contribution in [0.15, 0.2) is 192 Å². The predicted molar refractivity (Wildman–Crippen MR) is 237 cm³/mol. The summed E-state index contributed by atoms with van der Waals surface area (Å²) < 4.78 is 15.2. The molecule has 0 aliphatic heterocycles. The van der Waals surface area contributed by atoms with Crippen molar-refractivity contribution in [1.82, 2.24) is 0 Å². The molecule has 1 unspecified atom stereocenters. The third-order valence-corrected chi connectivity index (χ3v) is 10.8. The Hall–Kier alpha value is -6.97. The molecule has 0 radical (unpaired) electrons. The normalized spacial score (nSPS) is 15.2. The Morgan fingerprint density at radius 2 is 1.36 bits per heavy atom. The molecule has 0 saturated heterocycles. The number of para-hydroxylation sites is 3. The maximum Gasteiger partial charge on any atom is 0.210 e. The van der Waals surface area contributed by atoms with Crippen LogP contribution in [-0.4, -0.2) is 10.8 Å². The lowest BCUT2D eigenvalue weighted by Gasteiger charge is -2.12. The minimum atomic E-state index is 0.410. The quantitative estimate of drug-likeness (QED) is 0.0842. The lowest BCUT2D eigenvalue weighted by Crippen LogP contribution is -1.99. The highest BCUT2D eigenvalue weighted by Crippen LogP contribution is 2.41. The number of benzene rings is 6. The number of rotatable bonds is 9. The molecule has 2 aromatic heterocycles. The molecular weight excluding hydrogens is 683 g/mol. The van der Waals surface area contributed by atoms with E-state index in [1.54, 1.807) is 0 Å². The number of furan rings is 2. The van der Waals surface area contributed by atoms with Gasteiger partial charge in [-0.25, -0.2) is 0 Å². The van der Waals surface area contributed by atoms with E-state index in [1.165, 1.54) is 32.8 Å². The SMILES string of the molecule is C=C\C=C(/C=C\[N+](=C\C=C(/C=C\C)c1cccc2c3c(oc12)C=CCC3C)c1ccc(-c2cccc3ccccc23)cc1)c1cccc2c1oc1ccccc12. The van der Waals surface area contributed by atoms with Crippen LogP contribution in [0.5, 0.6) is 0 Å². The molecule has 0 spiro atoms. The van der Waals surface area contributed by atoms with Gasteiger partial charge in [-0.05, 0) is 76.6 Å². The van der Waals surface area contributed by atoms with Crippen molar-refractivity contribution in [3.05, 3.63) is 205 Å². The third kappa shape index (κ3) is 6.37. The number of hydrogen-bond acceptors (Lipinski definition) is 2. The maximum atomic E-state index is 6.58. The number of fused-ring (bicyclic) bond motifs is 7. The summed E-state index contributed by atoms with van der Waals surface area (Å²) in [7, 11) is 0. The van der Waals surface area contributed by atoms with Crippen LogP contribution >= 0.6 is 0 Å². The summed E-state index contributed by atoms with van der Waals surface area (Å²) in [6, 6.07) is 44.9. The molecule has 1 aliphatic carbocycles. The number of nitrogens with zero attached hydrogens (tertiary/aromatic N) is 1. The molecule has 0 N–H and O–H groups in total. The minimum absolute atomic E-state index is 0.410. The van der Waals surface area contributed by atoms with Gasteiger partial charge in [0.05, 0.1) is 0 Å². The van der Waals surface area contributed by atoms with Crippen LogP contribution in [0.3, 0.4) is 0 Å². The molecule has 3 heteroatoms. The van der Waals surface area contributed by atoms with Crippen molar-refractivity contribution in [2.75, 3.05) is 0 Å². The summed E-state index contributed by atoms with van der Waals surface area (Å²) in [5, 5.41) is 5.85. The Bertz CT molecular complexity index is 2970. The fraction of sp³-hybridized carbons (Fsp3) is 0.0755. The first kappa shape index (κ1) is 34.8. The molecule has 6 aromatic carbocycles. The largest absolute Gasteiger partial charge is 0.456 e. The fourth-order valence-corrected chi connectivity index (χ4v) is 8.10. The zero-order valence-corrected chi connectivity index (χ0v) is 31.7. The standard InChI is InChI=1S/C53H42NO2/c1-4-14-37(44-22-12-24-47-46-20-8-9-26-49(46)55-52(44)47)32-34-54(41-30-28-40(29-31-41)43-21-11-18-39-17-6-7-19-42(39)43)35-33-38(15-5-2)45-23-13-25-48-51-36(3)16-10-27-50(51)56-53(45)48/h4-15,17-36H,1,16H2,2-3H3/q+1/b15-5-,34-32-,37-14+,38-33+,54-35-. The first-order valence-electron chi connectivity index (χ1n) is 19.3. The molecule has 0 fully saturated rings. The topological polar surface area (TPSA) is 29.3 Å². The highest BCUT2D eigenvalue weighted by molar-refractivity contribution is 6.09. The smallest absolute Gasteiger partial charge is 0.210 e. The van der Waals surface area contributed by atoms with Gasteiger partial charge >= 0.3 is 0 Å². The van der Waals surface area contributed by atoms with E-state index in [2.05, 4.69) is 189 Å². The van der Waals surface area contributed by atoms with Crippen LogP contribution < -0.4 is 0 Å². The monoisotopic (exact) mass is 724 g/mol. The van der Waals surface area contributed by atoms with Crippen molar-refractivity contribution >= 4 is 72.8 Å². The third-order valence-electron chi connectivity index (χ3n) is 10.8. The van der Waals surface area contributed by atoms with Crippen LogP contribution in [0.4, 0.5) is 5.69 Å². The molecule has 9 rings (SSSR count). The van der Waals surface area contributed by atoms with E-state index >= 15 is 0 Å².